The second-order valence-electron chi connectivity index (χ2n) is 2.87. The molecule has 1 rings (SSSR count). The normalized spacial score (nSPS) is 10.3. The first-order chi connectivity index (χ1) is 6.16. The van der Waals surface area contributed by atoms with Crippen LogP contribution in [0.15, 0.2) is 0 Å². The maximum atomic E-state index is 10.8. The molecule has 1 aromatic heterocycles. The number of nitrogens with zero attached hydrogens (tertiary/aromatic N) is 1. The standard InChI is InChI=1S/C8H13N3O2/c1-5-7(8(12)13)6(11-10-5)3-2-4-9/h2-4,9H2,1H3,(H,10,11)(H,12,13). The number of aromatic nitrogens is 2. The van der Waals surface area contributed by atoms with Crippen molar-refractivity contribution in [3.8, 4) is 0 Å². The van der Waals surface area contributed by atoms with Crippen LogP contribution in [0.1, 0.15) is 28.2 Å². The molecule has 0 fully saturated rings. The molecule has 1 aromatic rings. The lowest BCUT2D eigenvalue weighted by atomic mass is 10.1. The van der Waals surface area contributed by atoms with Crippen LogP contribution in [-0.4, -0.2) is 27.8 Å². The van der Waals surface area contributed by atoms with Gasteiger partial charge in [0.05, 0.1) is 5.69 Å². The van der Waals surface area contributed by atoms with Gasteiger partial charge in [-0.3, -0.25) is 5.10 Å². The lowest BCUT2D eigenvalue weighted by Gasteiger charge is -1.96. The van der Waals surface area contributed by atoms with Crippen LogP contribution < -0.4 is 5.73 Å². The number of hydrogen-bond acceptors (Lipinski definition) is 3. The van der Waals surface area contributed by atoms with E-state index in [1.165, 1.54) is 0 Å². The highest BCUT2D eigenvalue weighted by Gasteiger charge is 2.15. The Morgan fingerprint density at radius 1 is 1.69 bits per heavy atom. The van der Waals surface area contributed by atoms with Crippen molar-refractivity contribution < 1.29 is 9.90 Å². The number of hydrogen-bond donors (Lipinski definition) is 3. The predicted octanol–water partition coefficient (Wildman–Crippen LogP) is 0.308. The molecule has 0 aliphatic carbocycles. The molecular weight excluding hydrogens is 170 g/mol. The van der Waals surface area contributed by atoms with Gasteiger partial charge in [0.1, 0.15) is 5.56 Å². The van der Waals surface area contributed by atoms with Crippen molar-refractivity contribution in [2.24, 2.45) is 5.73 Å². The largest absolute Gasteiger partial charge is 0.478 e. The zero-order valence-corrected chi connectivity index (χ0v) is 7.50. The van der Waals surface area contributed by atoms with Gasteiger partial charge in [-0.1, -0.05) is 0 Å². The number of carboxylic acids is 1. The van der Waals surface area contributed by atoms with E-state index in [4.69, 9.17) is 10.8 Å². The fraction of sp³-hybridized carbons (Fsp3) is 0.500. The van der Waals surface area contributed by atoms with E-state index in [2.05, 4.69) is 10.2 Å². The van der Waals surface area contributed by atoms with Gasteiger partial charge in [-0.2, -0.15) is 5.10 Å². The van der Waals surface area contributed by atoms with Crippen molar-refractivity contribution >= 4 is 5.97 Å². The first-order valence-electron chi connectivity index (χ1n) is 4.14. The van der Waals surface area contributed by atoms with Crippen LogP contribution in [0.5, 0.6) is 0 Å². The van der Waals surface area contributed by atoms with Gasteiger partial charge >= 0.3 is 5.97 Å². The van der Waals surface area contributed by atoms with E-state index in [1.807, 2.05) is 0 Å². The summed E-state index contributed by atoms with van der Waals surface area (Å²) in [5.41, 5.74) is 6.80. The average Bonchev–Trinajstić information content (AvgIpc) is 2.43. The molecule has 0 aromatic carbocycles. The summed E-state index contributed by atoms with van der Waals surface area (Å²) in [6.45, 7) is 2.24. The zero-order valence-electron chi connectivity index (χ0n) is 7.50. The third-order valence-electron chi connectivity index (χ3n) is 1.85. The van der Waals surface area contributed by atoms with Gasteiger partial charge in [0.2, 0.25) is 0 Å². The molecule has 0 aliphatic heterocycles. The van der Waals surface area contributed by atoms with Crippen molar-refractivity contribution in [2.45, 2.75) is 19.8 Å². The van der Waals surface area contributed by atoms with E-state index >= 15 is 0 Å². The van der Waals surface area contributed by atoms with Crippen LogP contribution >= 0.6 is 0 Å². The van der Waals surface area contributed by atoms with Crippen molar-refractivity contribution in [3.05, 3.63) is 17.0 Å². The SMILES string of the molecule is Cc1[nH]nc(CCCN)c1C(=O)O. The van der Waals surface area contributed by atoms with E-state index in [0.29, 0.717) is 24.4 Å². The Labute approximate surface area is 75.9 Å². The number of aryl methyl sites for hydroxylation is 2. The van der Waals surface area contributed by atoms with E-state index in [1.54, 1.807) is 6.92 Å². The molecule has 0 atom stereocenters. The quantitative estimate of drug-likeness (QED) is 0.626. The molecule has 0 amide bonds. The molecule has 1 heterocycles. The Kier molecular flexibility index (Phi) is 3.02. The monoisotopic (exact) mass is 183 g/mol. The van der Waals surface area contributed by atoms with Crippen LogP contribution in [-0.2, 0) is 6.42 Å². The minimum atomic E-state index is -0.932. The van der Waals surface area contributed by atoms with E-state index in [0.717, 1.165) is 6.42 Å². The van der Waals surface area contributed by atoms with E-state index in [-0.39, 0.29) is 5.56 Å². The summed E-state index contributed by atoms with van der Waals surface area (Å²) >= 11 is 0. The number of carboxylic acid groups (broad SMARTS) is 1. The maximum Gasteiger partial charge on any atom is 0.339 e. The van der Waals surface area contributed by atoms with Gasteiger partial charge in [0, 0.05) is 5.69 Å². The summed E-state index contributed by atoms with van der Waals surface area (Å²) < 4.78 is 0. The number of nitrogens with two attached hydrogens (primary N) is 1. The Balaban J connectivity index is 2.87. The molecule has 0 radical (unpaired) electrons. The molecule has 13 heavy (non-hydrogen) atoms. The number of rotatable bonds is 4. The highest BCUT2D eigenvalue weighted by Crippen LogP contribution is 2.11. The lowest BCUT2D eigenvalue weighted by Crippen LogP contribution is -2.05. The topological polar surface area (TPSA) is 92.0 Å². The third-order valence-corrected chi connectivity index (χ3v) is 1.85. The van der Waals surface area contributed by atoms with Gasteiger partial charge < -0.3 is 10.8 Å². The molecule has 0 saturated carbocycles. The van der Waals surface area contributed by atoms with Crippen molar-refractivity contribution in [1.82, 2.24) is 10.2 Å². The molecule has 0 saturated heterocycles. The number of aromatic carboxylic acids is 1. The van der Waals surface area contributed by atoms with Crippen molar-refractivity contribution in [2.75, 3.05) is 6.54 Å². The molecule has 4 N–H and O–H groups in total. The van der Waals surface area contributed by atoms with Gasteiger partial charge in [0.25, 0.3) is 0 Å². The summed E-state index contributed by atoms with van der Waals surface area (Å²) in [4.78, 5) is 10.8. The first-order valence-corrected chi connectivity index (χ1v) is 4.14. The van der Waals surface area contributed by atoms with Gasteiger partial charge in [-0.05, 0) is 26.3 Å². The predicted molar refractivity (Wildman–Crippen MR) is 47.7 cm³/mol. The third kappa shape index (κ3) is 2.06. The number of nitrogens with one attached hydrogen (secondary N) is 1. The molecule has 5 heteroatoms. The highest BCUT2D eigenvalue weighted by atomic mass is 16.4. The fourth-order valence-electron chi connectivity index (χ4n) is 1.21. The van der Waals surface area contributed by atoms with E-state index in [9.17, 15) is 4.79 Å². The van der Waals surface area contributed by atoms with Crippen molar-refractivity contribution in [1.29, 1.82) is 0 Å². The second-order valence-corrected chi connectivity index (χ2v) is 2.87. The van der Waals surface area contributed by atoms with Crippen molar-refractivity contribution in [3.63, 3.8) is 0 Å². The fourth-order valence-corrected chi connectivity index (χ4v) is 1.21. The smallest absolute Gasteiger partial charge is 0.339 e. The van der Waals surface area contributed by atoms with Gasteiger partial charge in [-0.25, -0.2) is 4.79 Å². The zero-order chi connectivity index (χ0) is 9.84. The summed E-state index contributed by atoms with van der Waals surface area (Å²) in [6.07, 6.45) is 1.37. The highest BCUT2D eigenvalue weighted by molar-refractivity contribution is 5.90. The Morgan fingerprint density at radius 2 is 2.38 bits per heavy atom. The minimum absolute atomic E-state index is 0.286. The molecule has 0 spiro atoms. The average molecular weight is 183 g/mol. The second kappa shape index (κ2) is 4.04. The van der Waals surface area contributed by atoms with Crippen LogP contribution in [0, 0.1) is 6.92 Å². The van der Waals surface area contributed by atoms with Crippen LogP contribution in [0.4, 0.5) is 0 Å². The van der Waals surface area contributed by atoms with E-state index < -0.39 is 5.97 Å². The number of H-pyrrole nitrogens is 1. The minimum Gasteiger partial charge on any atom is -0.478 e. The summed E-state index contributed by atoms with van der Waals surface area (Å²) in [6, 6.07) is 0. The van der Waals surface area contributed by atoms with Gasteiger partial charge in [-0.15, -0.1) is 0 Å². The van der Waals surface area contributed by atoms with Crippen LogP contribution in [0.3, 0.4) is 0 Å². The molecule has 72 valence electrons. The number of aromatic amines is 1. The lowest BCUT2D eigenvalue weighted by molar-refractivity contribution is 0.0695. The van der Waals surface area contributed by atoms with Crippen LogP contribution in [0.2, 0.25) is 0 Å². The first kappa shape index (κ1) is 9.73. The molecule has 0 aliphatic rings. The Morgan fingerprint density at radius 3 is 2.92 bits per heavy atom. The molecule has 5 nitrogen and oxygen atoms in total. The molecular formula is C8H13N3O2. The molecule has 0 unspecified atom stereocenters. The summed E-state index contributed by atoms with van der Waals surface area (Å²) in [7, 11) is 0. The summed E-state index contributed by atoms with van der Waals surface area (Å²) in [5.74, 6) is -0.932. The Bertz CT molecular complexity index is 306. The van der Waals surface area contributed by atoms with Gasteiger partial charge in [0.15, 0.2) is 0 Å². The number of carbonyl (C=O) groups is 1. The Hall–Kier alpha value is -1.36. The maximum absolute atomic E-state index is 10.8. The molecule has 0 bridgehead atoms. The summed E-state index contributed by atoms with van der Waals surface area (Å²) in [5, 5.41) is 15.4. The van der Waals surface area contributed by atoms with Crippen LogP contribution in [0.25, 0.3) is 0 Å².